The van der Waals surface area contributed by atoms with Crippen molar-refractivity contribution in [2.45, 2.75) is 0 Å². The van der Waals surface area contributed by atoms with Gasteiger partial charge in [-0.15, -0.1) is 0 Å². The molecule has 0 aliphatic rings. The Morgan fingerprint density at radius 3 is 2.17 bits per heavy atom. The topological polar surface area (TPSA) is 46.5 Å². The third kappa shape index (κ3) is 14.2. The monoisotopic (exact) mass is 244 g/mol. The molecule has 1 N–H and O–H groups in total. The summed E-state index contributed by atoms with van der Waals surface area (Å²) < 4.78 is 15.5. The first-order valence-electron chi connectivity index (χ1n) is 3.18. The predicted octanol–water partition coefficient (Wildman–Crippen LogP) is 0.132. The van der Waals surface area contributed by atoms with Crippen molar-refractivity contribution >= 4 is 55.9 Å². The summed E-state index contributed by atoms with van der Waals surface area (Å²) in [5.74, 6) is 0. The van der Waals surface area contributed by atoms with Crippen molar-refractivity contribution in [3.05, 3.63) is 0 Å². The van der Waals surface area contributed by atoms with E-state index in [0.717, 1.165) is 0 Å². The molecule has 0 amide bonds. The Morgan fingerprint density at radius 1 is 1.50 bits per heavy atom. The molecule has 72 valence electrons. The van der Waals surface area contributed by atoms with Crippen molar-refractivity contribution < 1.29 is 18.5 Å². The molecule has 1 unspecified atom stereocenters. The summed E-state index contributed by atoms with van der Waals surface area (Å²) in [4.78, 5) is 8.51. The second-order valence-corrected chi connectivity index (χ2v) is 5.74. The molecule has 0 heterocycles. The van der Waals surface area contributed by atoms with Crippen molar-refractivity contribution in [3.8, 4) is 0 Å². The van der Waals surface area contributed by atoms with Gasteiger partial charge in [0.15, 0.2) is 0 Å². The van der Waals surface area contributed by atoms with E-state index in [4.69, 9.17) is 16.1 Å². The number of nitrogens with zero attached hydrogens (tertiary/aromatic N) is 1. The number of rotatable bonds is 4. The Kier molecular flexibility index (Phi) is 8.32. The van der Waals surface area contributed by atoms with Gasteiger partial charge in [0.1, 0.15) is 13.2 Å². The van der Waals surface area contributed by atoms with Crippen LogP contribution in [0.5, 0.6) is 0 Å². The molecule has 0 saturated carbocycles. The van der Waals surface area contributed by atoms with Crippen LogP contribution in [0.2, 0.25) is 0 Å². The summed E-state index contributed by atoms with van der Waals surface area (Å²) in [6.45, 7) is -2.94. The first-order valence-corrected chi connectivity index (χ1v) is 5.66. The molecule has 0 rings (SSSR count). The Balaban J connectivity index is 0. The number of likely N-dealkylation sites (N-methyl/N-ethyl adjacent to an activating group) is 1. The zero-order valence-corrected chi connectivity index (χ0v) is 8.60. The molecule has 1 atom stereocenters. The van der Waals surface area contributed by atoms with Crippen molar-refractivity contribution in [1.82, 2.24) is 0 Å². The van der Waals surface area contributed by atoms with Gasteiger partial charge in [0.2, 0.25) is 0 Å². The van der Waals surface area contributed by atoms with Crippen molar-refractivity contribution in [2.75, 3.05) is 34.3 Å². The van der Waals surface area contributed by atoms with Crippen molar-refractivity contribution in [1.29, 1.82) is 0 Å². The van der Waals surface area contributed by atoms with E-state index >= 15 is 0 Å². The van der Waals surface area contributed by atoms with Crippen LogP contribution in [0.4, 0.5) is 0 Å². The molecule has 7 heteroatoms. The Labute approximate surface area is 108 Å². The zero-order valence-electron chi connectivity index (χ0n) is 6.95. The van der Waals surface area contributed by atoms with Crippen molar-refractivity contribution in [2.24, 2.45) is 0 Å². The molecule has 0 aromatic heterocycles. The quantitative estimate of drug-likeness (QED) is 0.435. The van der Waals surface area contributed by atoms with E-state index in [2.05, 4.69) is 4.52 Å². The van der Waals surface area contributed by atoms with Crippen LogP contribution in [0.3, 0.4) is 0 Å². The van der Waals surface area contributed by atoms with Gasteiger partial charge in [0.25, 0.3) is 0 Å². The van der Waals surface area contributed by atoms with Gasteiger partial charge in [-0.25, -0.2) is 4.57 Å². The molecule has 0 aliphatic heterocycles. The van der Waals surface area contributed by atoms with Crippen molar-refractivity contribution in [3.63, 3.8) is 0 Å². The molecule has 0 fully saturated rings. The Morgan fingerprint density at radius 2 is 1.92 bits per heavy atom. The molecule has 0 spiro atoms. The Bertz CT molecular complexity index is 167. The molecule has 0 aromatic carbocycles. The van der Waals surface area contributed by atoms with Gasteiger partial charge in [0, 0.05) is 11.2 Å². The first-order chi connectivity index (χ1) is 4.71. The fourth-order valence-corrected chi connectivity index (χ4v) is 0.941. The van der Waals surface area contributed by atoms with Gasteiger partial charge in [-0.05, 0) is 0 Å². The third-order valence-electron chi connectivity index (χ3n) is 1.01. The van der Waals surface area contributed by atoms with Gasteiger partial charge < -0.3 is 9.38 Å². The SMILES string of the molecule is C[N+](C)(C)CCOP(=O)(O)Cl.[CaH2]. The number of halogens is 1. The maximum absolute atomic E-state index is 10.4. The van der Waals surface area contributed by atoms with Gasteiger partial charge in [-0.3, -0.25) is 4.52 Å². The van der Waals surface area contributed by atoms with E-state index in [1.54, 1.807) is 0 Å². The molecular formula is C5H16CaClNO3P+. The number of hydrogen-bond acceptors (Lipinski definition) is 2. The van der Waals surface area contributed by atoms with Crippen LogP contribution in [-0.2, 0) is 9.09 Å². The molecule has 0 aromatic rings. The van der Waals surface area contributed by atoms with Gasteiger partial charge in [-0.2, -0.15) is 0 Å². The van der Waals surface area contributed by atoms with Gasteiger partial charge in [0.05, 0.1) is 21.1 Å². The van der Waals surface area contributed by atoms with E-state index in [-0.39, 0.29) is 44.3 Å². The van der Waals surface area contributed by atoms with E-state index in [1.807, 2.05) is 21.1 Å². The van der Waals surface area contributed by atoms with Crippen LogP contribution >= 0.6 is 18.2 Å². The average molecular weight is 245 g/mol. The molecular weight excluding hydrogens is 229 g/mol. The summed E-state index contributed by atoms with van der Waals surface area (Å²) >= 11 is 4.94. The maximum atomic E-state index is 10.4. The van der Waals surface area contributed by atoms with E-state index in [1.165, 1.54) is 0 Å². The standard InChI is InChI=1S/C5H13ClNO3P.Ca.2H/c1-7(2,3)4-5-10-11(6,8)9;;;/h4-5H2,1-3H3;;;/p+1. The molecule has 0 radical (unpaired) electrons. The number of quaternary nitrogens is 1. The minimum absolute atomic E-state index is 0. The predicted molar refractivity (Wildman–Crippen MR) is 53.1 cm³/mol. The molecule has 0 bridgehead atoms. The molecule has 0 saturated heterocycles. The second kappa shape index (κ2) is 6.20. The second-order valence-electron chi connectivity index (χ2n) is 3.30. The third-order valence-corrected chi connectivity index (χ3v) is 1.81. The summed E-state index contributed by atoms with van der Waals surface area (Å²) in [5, 5.41) is 0. The van der Waals surface area contributed by atoms with Crippen LogP contribution in [0.25, 0.3) is 0 Å². The molecule has 4 nitrogen and oxygen atoms in total. The normalized spacial score (nSPS) is 16.4. The van der Waals surface area contributed by atoms with Crippen LogP contribution in [-0.4, -0.2) is 81.4 Å². The van der Waals surface area contributed by atoms with E-state index in [9.17, 15) is 4.57 Å². The van der Waals surface area contributed by atoms with Crippen LogP contribution in [0.1, 0.15) is 0 Å². The Hall–Kier alpha value is 1.66. The zero-order chi connectivity index (χ0) is 9.12. The minimum atomic E-state index is -3.79. The van der Waals surface area contributed by atoms with Crippen LogP contribution in [0.15, 0.2) is 0 Å². The summed E-state index contributed by atoms with van der Waals surface area (Å²) in [6, 6.07) is 0. The molecule has 0 aliphatic carbocycles. The first kappa shape index (κ1) is 16.1. The average Bonchev–Trinajstić information content (AvgIpc) is 1.55. The summed E-state index contributed by atoms with van der Waals surface area (Å²) in [7, 11) is 5.87. The fraction of sp³-hybridized carbons (Fsp3) is 1.00. The number of hydrogen-bond donors (Lipinski definition) is 1. The van der Waals surface area contributed by atoms with Gasteiger partial charge in [-0.1, -0.05) is 0 Å². The van der Waals surface area contributed by atoms with E-state index in [0.29, 0.717) is 11.0 Å². The molecule has 12 heavy (non-hydrogen) atoms. The fourth-order valence-electron chi connectivity index (χ4n) is 0.427. The van der Waals surface area contributed by atoms with E-state index < -0.39 is 6.95 Å². The van der Waals surface area contributed by atoms with Crippen LogP contribution in [0, 0.1) is 0 Å². The summed E-state index contributed by atoms with van der Waals surface area (Å²) in [6.07, 6.45) is 0. The van der Waals surface area contributed by atoms with Gasteiger partial charge >= 0.3 is 44.7 Å². The van der Waals surface area contributed by atoms with Crippen LogP contribution < -0.4 is 0 Å². The summed E-state index contributed by atoms with van der Waals surface area (Å²) in [5.41, 5.74) is 0.